The van der Waals surface area contributed by atoms with E-state index in [0.29, 0.717) is 24.1 Å². The molecule has 0 aliphatic heterocycles. The fraction of sp³-hybridized carbons (Fsp3) is 0.250. The van der Waals surface area contributed by atoms with E-state index in [1.165, 1.54) is 0 Å². The van der Waals surface area contributed by atoms with Crippen molar-refractivity contribution in [1.82, 2.24) is 0 Å². The molecule has 1 aromatic rings. The zero-order valence-corrected chi connectivity index (χ0v) is 8.21. The molecule has 0 saturated heterocycles. The molecule has 1 rings (SSSR count). The van der Waals surface area contributed by atoms with Crippen molar-refractivity contribution in [2.45, 2.75) is 19.8 Å². The molecule has 0 spiro atoms. The van der Waals surface area contributed by atoms with Crippen LogP contribution in [0.3, 0.4) is 0 Å². The molecular formula is C12H13NO. The van der Waals surface area contributed by atoms with Crippen LogP contribution in [-0.2, 0) is 0 Å². The Labute approximate surface area is 84.1 Å². The third-order valence-corrected chi connectivity index (χ3v) is 1.92. The molecule has 2 nitrogen and oxygen atoms in total. The summed E-state index contributed by atoms with van der Waals surface area (Å²) in [6, 6.07) is 5.35. The highest BCUT2D eigenvalue weighted by Crippen LogP contribution is 2.13. The highest BCUT2D eigenvalue weighted by atomic mass is 16.1. The van der Waals surface area contributed by atoms with Gasteiger partial charge in [-0.15, -0.1) is 12.3 Å². The van der Waals surface area contributed by atoms with Crippen LogP contribution in [0.4, 0.5) is 5.69 Å². The molecular weight excluding hydrogens is 174 g/mol. The van der Waals surface area contributed by atoms with Crippen LogP contribution < -0.4 is 5.73 Å². The average Bonchev–Trinajstić information content (AvgIpc) is 2.12. The van der Waals surface area contributed by atoms with E-state index in [1.807, 2.05) is 19.1 Å². The number of nitrogen functional groups attached to an aromatic ring is 1. The smallest absolute Gasteiger partial charge is 0.163 e. The summed E-state index contributed by atoms with van der Waals surface area (Å²) in [7, 11) is 0. The molecule has 2 N–H and O–H groups in total. The quantitative estimate of drug-likeness (QED) is 0.447. The monoisotopic (exact) mass is 187 g/mol. The van der Waals surface area contributed by atoms with Crippen LogP contribution in [-0.4, -0.2) is 5.78 Å². The van der Waals surface area contributed by atoms with Crippen LogP contribution in [0.15, 0.2) is 18.2 Å². The molecule has 0 atom stereocenters. The van der Waals surface area contributed by atoms with E-state index in [2.05, 4.69) is 5.92 Å². The summed E-state index contributed by atoms with van der Waals surface area (Å²) >= 11 is 0. The van der Waals surface area contributed by atoms with Crippen LogP contribution in [0.2, 0.25) is 0 Å². The Bertz CT molecular complexity index is 368. The normalized spacial score (nSPS) is 9.43. The molecule has 14 heavy (non-hydrogen) atoms. The number of hydrogen-bond donors (Lipinski definition) is 1. The van der Waals surface area contributed by atoms with Crippen LogP contribution >= 0.6 is 0 Å². The largest absolute Gasteiger partial charge is 0.399 e. The molecule has 0 aromatic heterocycles. The van der Waals surface area contributed by atoms with Gasteiger partial charge in [-0.3, -0.25) is 4.79 Å². The van der Waals surface area contributed by atoms with E-state index in [4.69, 9.17) is 12.2 Å². The molecule has 0 bridgehead atoms. The molecule has 0 radical (unpaired) electrons. The number of aryl methyl sites for hydroxylation is 1. The lowest BCUT2D eigenvalue weighted by Gasteiger charge is -2.02. The first-order chi connectivity index (χ1) is 6.63. The molecule has 0 fully saturated rings. The number of Topliss-reactive ketones (excluding diaryl/α,β-unsaturated/α-hetero) is 1. The van der Waals surface area contributed by atoms with Crippen molar-refractivity contribution in [2.24, 2.45) is 0 Å². The van der Waals surface area contributed by atoms with Gasteiger partial charge in [0.25, 0.3) is 0 Å². The summed E-state index contributed by atoms with van der Waals surface area (Å²) in [5, 5.41) is 0. The first-order valence-electron chi connectivity index (χ1n) is 4.47. The van der Waals surface area contributed by atoms with Crippen molar-refractivity contribution in [3.8, 4) is 12.3 Å². The fourth-order valence-electron chi connectivity index (χ4n) is 1.30. The zero-order chi connectivity index (χ0) is 10.6. The Morgan fingerprint density at radius 1 is 1.50 bits per heavy atom. The van der Waals surface area contributed by atoms with E-state index in [1.54, 1.807) is 6.07 Å². The van der Waals surface area contributed by atoms with E-state index >= 15 is 0 Å². The second-order valence-corrected chi connectivity index (χ2v) is 3.26. The van der Waals surface area contributed by atoms with Gasteiger partial charge in [0.15, 0.2) is 5.78 Å². The Balaban J connectivity index is 2.85. The van der Waals surface area contributed by atoms with E-state index in [-0.39, 0.29) is 5.78 Å². The molecule has 0 unspecified atom stereocenters. The van der Waals surface area contributed by atoms with Crippen molar-refractivity contribution in [3.05, 3.63) is 29.3 Å². The predicted octanol–water partition coefficient (Wildman–Crippen LogP) is 2.17. The Hall–Kier alpha value is -1.75. The van der Waals surface area contributed by atoms with Crippen molar-refractivity contribution >= 4 is 11.5 Å². The second kappa shape index (κ2) is 4.48. The molecule has 72 valence electrons. The van der Waals surface area contributed by atoms with Gasteiger partial charge in [0.05, 0.1) is 0 Å². The number of benzene rings is 1. The lowest BCUT2D eigenvalue weighted by molar-refractivity contribution is 0.0984. The topological polar surface area (TPSA) is 43.1 Å². The highest BCUT2D eigenvalue weighted by Gasteiger charge is 2.05. The minimum Gasteiger partial charge on any atom is -0.399 e. The number of anilines is 1. The standard InChI is InChI=1S/C12H13NO/c1-3-4-5-12(14)10-6-9(2)7-11(13)8-10/h1,6-8H,4-5,13H2,2H3. The summed E-state index contributed by atoms with van der Waals surface area (Å²) in [6.45, 7) is 1.91. The lowest BCUT2D eigenvalue weighted by atomic mass is 10.0. The molecule has 0 amide bonds. The number of ketones is 1. The minimum atomic E-state index is 0.0540. The molecule has 0 aliphatic rings. The molecule has 0 saturated carbocycles. The van der Waals surface area contributed by atoms with Gasteiger partial charge in [-0.1, -0.05) is 0 Å². The number of carbonyl (C=O) groups is 1. The van der Waals surface area contributed by atoms with Gasteiger partial charge in [-0.25, -0.2) is 0 Å². The summed E-state index contributed by atoms with van der Waals surface area (Å²) in [4.78, 5) is 11.6. The lowest BCUT2D eigenvalue weighted by Crippen LogP contribution is -2.00. The summed E-state index contributed by atoms with van der Waals surface area (Å²) in [6.07, 6.45) is 5.95. The second-order valence-electron chi connectivity index (χ2n) is 3.26. The maximum atomic E-state index is 11.6. The molecule has 2 heteroatoms. The number of hydrogen-bond acceptors (Lipinski definition) is 2. The Morgan fingerprint density at radius 2 is 2.21 bits per heavy atom. The van der Waals surface area contributed by atoms with Crippen molar-refractivity contribution < 1.29 is 4.79 Å². The van der Waals surface area contributed by atoms with E-state index in [0.717, 1.165) is 5.56 Å². The van der Waals surface area contributed by atoms with Crippen molar-refractivity contribution in [2.75, 3.05) is 5.73 Å². The SMILES string of the molecule is C#CCCC(=O)c1cc(C)cc(N)c1. The number of rotatable bonds is 3. The summed E-state index contributed by atoms with van der Waals surface area (Å²) in [5.41, 5.74) is 7.90. The number of terminal acetylenes is 1. The van der Waals surface area contributed by atoms with E-state index < -0.39 is 0 Å². The Morgan fingerprint density at radius 3 is 2.79 bits per heavy atom. The highest BCUT2D eigenvalue weighted by molar-refractivity contribution is 5.97. The molecule has 0 aliphatic carbocycles. The third kappa shape index (κ3) is 2.63. The zero-order valence-electron chi connectivity index (χ0n) is 8.21. The number of carbonyl (C=O) groups excluding carboxylic acids is 1. The maximum absolute atomic E-state index is 11.6. The van der Waals surface area contributed by atoms with Crippen LogP contribution in [0.25, 0.3) is 0 Å². The van der Waals surface area contributed by atoms with Crippen molar-refractivity contribution in [1.29, 1.82) is 0 Å². The summed E-state index contributed by atoms with van der Waals surface area (Å²) < 4.78 is 0. The van der Waals surface area contributed by atoms with Gasteiger partial charge in [-0.05, 0) is 30.7 Å². The van der Waals surface area contributed by atoms with Crippen molar-refractivity contribution in [3.63, 3.8) is 0 Å². The van der Waals surface area contributed by atoms with Gasteiger partial charge < -0.3 is 5.73 Å². The molecule has 0 heterocycles. The van der Waals surface area contributed by atoms with E-state index in [9.17, 15) is 4.79 Å². The minimum absolute atomic E-state index is 0.0540. The van der Waals surface area contributed by atoms with Gasteiger partial charge in [0.1, 0.15) is 0 Å². The first kappa shape index (κ1) is 10.3. The maximum Gasteiger partial charge on any atom is 0.163 e. The predicted molar refractivity (Wildman–Crippen MR) is 58.0 cm³/mol. The van der Waals surface area contributed by atoms with Crippen LogP contribution in [0, 0.1) is 19.3 Å². The Kier molecular flexibility index (Phi) is 3.30. The fourth-order valence-corrected chi connectivity index (χ4v) is 1.30. The van der Waals surface area contributed by atoms with Gasteiger partial charge in [-0.2, -0.15) is 0 Å². The number of nitrogens with two attached hydrogens (primary N) is 1. The first-order valence-corrected chi connectivity index (χ1v) is 4.47. The van der Waals surface area contributed by atoms with Gasteiger partial charge in [0.2, 0.25) is 0 Å². The van der Waals surface area contributed by atoms with Gasteiger partial charge in [0, 0.05) is 24.1 Å². The molecule has 1 aromatic carbocycles. The average molecular weight is 187 g/mol. The van der Waals surface area contributed by atoms with Crippen LogP contribution in [0.1, 0.15) is 28.8 Å². The van der Waals surface area contributed by atoms with Crippen LogP contribution in [0.5, 0.6) is 0 Å². The van der Waals surface area contributed by atoms with Gasteiger partial charge >= 0.3 is 0 Å². The summed E-state index contributed by atoms with van der Waals surface area (Å²) in [5.74, 6) is 2.50. The third-order valence-electron chi connectivity index (χ3n) is 1.92.